The van der Waals surface area contributed by atoms with Crippen LogP contribution >= 0.6 is 0 Å². The first-order valence-corrected chi connectivity index (χ1v) is 5.16. The Bertz CT molecular complexity index is 329. The van der Waals surface area contributed by atoms with Gasteiger partial charge < -0.3 is 15.7 Å². The van der Waals surface area contributed by atoms with Gasteiger partial charge in [0.25, 0.3) is 0 Å². The lowest BCUT2D eigenvalue weighted by atomic mass is 10.2. The van der Waals surface area contributed by atoms with Crippen molar-refractivity contribution >= 4 is 5.91 Å². The van der Waals surface area contributed by atoms with Gasteiger partial charge in [-0.25, -0.2) is 0 Å². The van der Waals surface area contributed by atoms with Crippen molar-refractivity contribution in [2.75, 3.05) is 20.2 Å². The molecule has 1 rings (SSSR count). The van der Waals surface area contributed by atoms with Crippen LogP contribution in [0.1, 0.15) is 5.69 Å². The Morgan fingerprint density at radius 1 is 1.62 bits per heavy atom. The molecule has 1 atom stereocenters. The molecule has 16 heavy (non-hydrogen) atoms. The Morgan fingerprint density at radius 2 is 2.38 bits per heavy atom. The summed E-state index contributed by atoms with van der Waals surface area (Å²) in [6, 6.07) is 4.84. The first-order chi connectivity index (χ1) is 7.65. The van der Waals surface area contributed by atoms with Gasteiger partial charge >= 0.3 is 0 Å². The highest BCUT2D eigenvalue weighted by Gasteiger charge is 2.16. The van der Waals surface area contributed by atoms with Crippen molar-refractivity contribution in [3.05, 3.63) is 30.1 Å². The van der Waals surface area contributed by atoms with E-state index in [0.29, 0.717) is 13.0 Å². The van der Waals surface area contributed by atoms with Gasteiger partial charge in [0.05, 0.1) is 6.61 Å². The van der Waals surface area contributed by atoms with E-state index < -0.39 is 6.04 Å². The second-order valence-electron chi connectivity index (χ2n) is 3.62. The monoisotopic (exact) mass is 223 g/mol. The van der Waals surface area contributed by atoms with Crippen molar-refractivity contribution in [1.82, 2.24) is 9.88 Å². The topological polar surface area (TPSA) is 79.5 Å². The van der Waals surface area contributed by atoms with Crippen LogP contribution in [0, 0.1) is 0 Å². The Labute approximate surface area is 94.9 Å². The maximum absolute atomic E-state index is 11.5. The molecule has 1 amide bonds. The predicted octanol–water partition coefficient (Wildman–Crippen LogP) is -0.598. The Balaban J connectivity index is 2.41. The molecule has 0 saturated carbocycles. The molecule has 5 nitrogen and oxygen atoms in total. The van der Waals surface area contributed by atoms with E-state index in [0.717, 1.165) is 5.69 Å². The van der Waals surface area contributed by atoms with Gasteiger partial charge in [-0.1, -0.05) is 6.07 Å². The van der Waals surface area contributed by atoms with E-state index in [2.05, 4.69) is 4.98 Å². The Hall–Kier alpha value is -1.46. The van der Waals surface area contributed by atoms with E-state index in [1.165, 1.54) is 4.90 Å². The molecule has 0 aliphatic carbocycles. The summed E-state index contributed by atoms with van der Waals surface area (Å²) in [5.41, 5.74) is 6.36. The van der Waals surface area contributed by atoms with E-state index in [9.17, 15) is 4.79 Å². The number of amides is 1. The second kappa shape index (κ2) is 6.19. The van der Waals surface area contributed by atoms with Crippen molar-refractivity contribution < 1.29 is 9.90 Å². The van der Waals surface area contributed by atoms with E-state index in [-0.39, 0.29) is 12.5 Å². The largest absolute Gasteiger partial charge is 0.394 e. The zero-order chi connectivity index (χ0) is 12.0. The van der Waals surface area contributed by atoms with Crippen molar-refractivity contribution in [3.8, 4) is 0 Å². The predicted molar refractivity (Wildman–Crippen MR) is 60.6 cm³/mol. The van der Waals surface area contributed by atoms with Crippen LogP contribution in [-0.2, 0) is 11.2 Å². The fraction of sp³-hybridized carbons (Fsp3) is 0.455. The van der Waals surface area contributed by atoms with Gasteiger partial charge in [-0.3, -0.25) is 9.78 Å². The molecule has 0 fully saturated rings. The van der Waals surface area contributed by atoms with Gasteiger partial charge in [0.2, 0.25) is 5.91 Å². The third-order valence-electron chi connectivity index (χ3n) is 2.32. The molecule has 0 aliphatic rings. The van der Waals surface area contributed by atoms with Crippen LogP contribution in [0.3, 0.4) is 0 Å². The summed E-state index contributed by atoms with van der Waals surface area (Å²) in [7, 11) is 1.67. The van der Waals surface area contributed by atoms with Crippen LogP contribution in [0.5, 0.6) is 0 Å². The third-order valence-corrected chi connectivity index (χ3v) is 2.32. The van der Waals surface area contributed by atoms with Gasteiger partial charge in [0.15, 0.2) is 0 Å². The normalized spacial score (nSPS) is 12.2. The summed E-state index contributed by atoms with van der Waals surface area (Å²) in [6.07, 6.45) is 2.40. The van der Waals surface area contributed by atoms with Crippen LogP contribution in [0.4, 0.5) is 0 Å². The van der Waals surface area contributed by atoms with Crippen LogP contribution in [0.2, 0.25) is 0 Å². The van der Waals surface area contributed by atoms with Crippen LogP contribution < -0.4 is 5.73 Å². The number of likely N-dealkylation sites (N-methyl/N-ethyl adjacent to an activating group) is 1. The summed E-state index contributed by atoms with van der Waals surface area (Å²) in [5.74, 6) is -0.251. The number of hydrogen-bond donors (Lipinski definition) is 2. The lowest BCUT2D eigenvalue weighted by Gasteiger charge is -2.19. The molecule has 5 heteroatoms. The highest BCUT2D eigenvalue weighted by molar-refractivity contribution is 5.81. The van der Waals surface area contributed by atoms with E-state index in [1.54, 1.807) is 13.2 Å². The smallest absolute Gasteiger partial charge is 0.241 e. The number of carbonyl (C=O) groups excluding carboxylic acids is 1. The first-order valence-electron chi connectivity index (χ1n) is 5.16. The zero-order valence-corrected chi connectivity index (χ0v) is 9.34. The minimum Gasteiger partial charge on any atom is -0.394 e. The number of aliphatic hydroxyl groups is 1. The van der Waals surface area contributed by atoms with Crippen molar-refractivity contribution in [2.45, 2.75) is 12.5 Å². The number of aliphatic hydroxyl groups excluding tert-OH is 1. The average Bonchev–Trinajstić information content (AvgIpc) is 2.35. The summed E-state index contributed by atoms with van der Waals surface area (Å²) < 4.78 is 0. The highest BCUT2D eigenvalue weighted by atomic mass is 16.3. The van der Waals surface area contributed by atoms with Gasteiger partial charge in [-0.05, 0) is 12.1 Å². The third kappa shape index (κ3) is 3.60. The highest BCUT2D eigenvalue weighted by Crippen LogP contribution is 1.97. The lowest BCUT2D eigenvalue weighted by molar-refractivity contribution is -0.132. The molecular weight excluding hydrogens is 206 g/mol. The van der Waals surface area contributed by atoms with E-state index in [4.69, 9.17) is 10.8 Å². The maximum atomic E-state index is 11.5. The number of nitrogens with two attached hydrogens (primary N) is 1. The van der Waals surface area contributed by atoms with Crippen LogP contribution in [0.25, 0.3) is 0 Å². The average molecular weight is 223 g/mol. The van der Waals surface area contributed by atoms with Crippen molar-refractivity contribution in [1.29, 1.82) is 0 Å². The standard InChI is InChI=1S/C11H17N3O2/c1-14(11(16)10(12)8-15)7-5-9-4-2-3-6-13-9/h2-4,6,10,15H,5,7-8,12H2,1H3/t10-/m0/s1. The summed E-state index contributed by atoms with van der Waals surface area (Å²) >= 11 is 0. The number of carbonyl (C=O) groups is 1. The van der Waals surface area contributed by atoms with Crippen molar-refractivity contribution in [3.63, 3.8) is 0 Å². The molecule has 0 aromatic carbocycles. The number of hydrogen-bond acceptors (Lipinski definition) is 4. The quantitative estimate of drug-likeness (QED) is 0.698. The van der Waals surface area contributed by atoms with Gasteiger partial charge in [-0.15, -0.1) is 0 Å². The fourth-order valence-electron chi connectivity index (χ4n) is 1.30. The Morgan fingerprint density at radius 3 is 2.94 bits per heavy atom. The Kier molecular flexibility index (Phi) is 4.88. The van der Waals surface area contributed by atoms with Gasteiger partial charge in [0.1, 0.15) is 6.04 Å². The molecular formula is C11H17N3O2. The summed E-state index contributed by atoms with van der Waals surface area (Å²) in [5, 5.41) is 8.75. The molecule has 88 valence electrons. The van der Waals surface area contributed by atoms with Crippen molar-refractivity contribution in [2.24, 2.45) is 5.73 Å². The molecule has 3 N–H and O–H groups in total. The lowest BCUT2D eigenvalue weighted by Crippen LogP contribution is -2.44. The van der Waals surface area contributed by atoms with Crippen LogP contribution in [0.15, 0.2) is 24.4 Å². The molecule has 1 aromatic rings. The molecule has 0 radical (unpaired) electrons. The summed E-state index contributed by atoms with van der Waals surface area (Å²) in [4.78, 5) is 17.2. The number of nitrogens with zero attached hydrogens (tertiary/aromatic N) is 2. The van der Waals surface area contributed by atoms with E-state index >= 15 is 0 Å². The minimum absolute atomic E-state index is 0.251. The maximum Gasteiger partial charge on any atom is 0.241 e. The fourth-order valence-corrected chi connectivity index (χ4v) is 1.30. The summed E-state index contributed by atoms with van der Waals surface area (Å²) in [6.45, 7) is 0.219. The zero-order valence-electron chi connectivity index (χ0n) is 9.34. The van der Waals surface area contributed by atoms with Gasteiger partial charge in [-0.2, -0.15) is 0 Å². The minimum atomic E-state index is -0.825. The SMILES string of the molecule is CN(CCc1ccccn1)C(=O)[C@@H](N)CO. The van der Waals surface area contributed by atoms with Crippen LogP contribution in [-0.4, -0.2) is 47.1 Å². The first kappa shape index (κ1) is 12.6. The number of pyridine rings is 1. The molecule has 0 unspecified atom stereocenters. The van der Waals surface area contributed by atoms with E-state index in [1.807, 2.05) is 18.2 Å². The molecule has 0 saturated heterocycles. The number of rotatable bonds is 5. The molecule has 1 aromatic heterocycles. The molecule has 0 aliphatic heterocycles. The molecule has 0 bridgehead atoms. The number of aromatic nitrogens is 1. The van der Waals surface area contributed by atoms with Gasteiger partial charge in [0, 0.05) is 31.9 Å². The second-order valence-corrected chi connectivity index (χ2v) is 3.62. The molecule has 1 heterocycles. The molecule has 0 spiro atoms.